The van der Waals surface area contributed by atoms with E-state index in [9.17, 15) is 13.2 Å². The lowest BCUT2D eigenvalue weighted by Crippen LogP contribution is -2.20. The van der Waals surface area contributed by atoms with Crippen molar-refractivity contribution >= 4 is 0 Å². The topological polar surface area (TPSA) is 0 Å². The number of alkyl halides is 3. The maximum absolute atomic E-state index is 12.2. The van der Waals surface area contributed by atoms with Crippen molar-refractivity contribution < 1.29 is 13.2 Å². The zero-order valence-corrected chi connectivity index (χ0v) is 5.57. The third-order valence-electron chi connectivity index (χ3n) is 1.43. The van der Waals surface area contributed by atoms with E-state index >= 15 is 0 Å². The van der Waals surface area contributed by atoms with E-state index in [0.717, 1.165) is 0 Å². The SMILES string of the molecule is CCC(C)C(F)C(F)F. The Balaban J connectivity index is 3.58. The molecule has 0 saturated carbocycles. The normalized spacial score (nSPS) is 18.0. The Labute approximate surface area is 53.1 Å². The molecular weight excluding hydrogens is 129 g/mol. The van der Waals surface area contributed by atoms with Gasteiger partial charge in [0.25, 0.3) is 6.43 Å². The van der Waals surface area contributed by atoms with Gasteiger partial charge in [-0.1, -0.05) is 20.3 Å². The van der Waals surface area contributed by atoms with Gasteiger partial charge in [-0.25, -0.2) is 13.2 Å². The highest BCUT2D eigenvalue weighted by Crippen LogP contribution is 2.17. The average molecular weight is 140 g/mol. The molecule has 0 bridgehead atoms. The second kappa shape index (κ2) is 3.75. The molecule has 0 fully saturated rings. The molecule has 0 aromatic heterocycles. The van der Waals surface area contributed by atoms with Gasteiger partial charge in [0.05, 0.1) is 0 Å². The number of hydrogen-bond acceptors (Lipinski definition) is 0. The molecule has 0 aliphatic rings. The first kappa shape index (κ1) is 8.79. The first-order chi connectivity index (χ1) is 4.09. The second-order valence-electron chi connectivity index (χ2n) is 2.16. The molecule has 0 aromatic carbocycles. The van der Waals surface area contributed by atoms with Gasteiger partial charge in [-0.2, -0.15) is 0 Å². The minimum absolute atomic E-state index is 0.464. The van der Waals surface area contributed by atoms with Gasteiger partial charge in [0.15, 0.2) is 6.17 Å². The lowest BCUT2D eigenvalue weighted by Gasteiger charge is -2.12. The van der Waals surface area contributed by atoms with Gasteiger partial charge in [0.2, 0.25) is 0 Å². The smallest absolute Gasteiger partial charge is 0.241 e. The van der Waals surface area contributed by atoms with Crippen LogP contribution in [0.5, 0.6) is 0 Å². The summed E-state index contributed by atoms with van der Waals surface area (Å²) < 4.78 is 35.2. The van der Waals surface area contributed by atoms with Crippen LogP contribution in [0.3, 0.4) is 0 Å². The summed E-state index contributed by atoms with van der Waals surface area (Å²) in [6.45, 7) is 3.18. The van der Waals surface area contributed by atoms with Crippen molar-refractivity contribution in [2.45, 2.75) is 32.9 Å². The Morgan fingerprint density at radius 1 is 1.22 bits per heavy atom. The lowest BCUT2D eigenvalue weighted by atomic mass is 10.0. The van der Waals surface area contributed by atoms with Gasteiger partial charge in [0, 0.05) is 0 Å². The van der Waals surface area contributed by atoms with E-state index in [0.29, 0.717) is 6.42 Å². The van der Waals surface area contributed by atoms with Gasteiger partial charge >= 0.3 is 0 Å². The van der Waals surface area contributed by atoms with E-state index in [4.69, 9.17) is 0 Å². The molecule has 56 valence electrons. The first-order valence-electron chi connectivity index (χ1n) is 3.01. The van der Waals surface area contributed by atoms with Crippen LogP contribution < -0.4 is 0 Å². The minimum atomic E-state index is -2.82. The standard InChI is InChI=1S/C6H11F3/c1-3-4(2)5(7)6(8)9/h4-6H,3H2,1-2H3. The largest absolute Gasteiger partial charge is 0.269 e. The van der Waals surface area contributed by atoms with Crippen LogP contribution in [0.15, 0.2) is 0 Å². The van der Waals surface area contributed by atoms with E-state index in [1.165, 1.54) is 6.92 Å². The van der Waals surface area contributed by atoms with Crippen LogP contribution >= 0.6 is 0 Å². The van der Waals surface area contributed by atoms with E-state index in [1.807, 2.05) is 0 Å². The van der Waals surface area contributed by atoms with Crippen LogP contribution in [0, 0.1) is 5.92 Å². The van der Waals surface area contributed by atoms with E-state index < -0.39 is 18.5 Å². The van der Waals surface area contributed by atoms with Gasteiger partial charge in [-0.05, 0) is 5.92 Å². The molecule has 0 N–H and O–H groups in total. The Hall–Kier alpha value is -0.210. The van der Waals surface area contributed by atoms with Crippen LogP contribution in [-0.2, 0) is 0 Å². The molecule has 0 nitrogen and oxygen atoms in total. The van der Waals surface area contributed by atoms with Crippen LogP contribution in [0.2, 0.25) is 0 Å². The molecule has 0 aliphatic carbocycles. The van der Waals surface area contributed by atoms with Gasteiger partial charge in [-0.15, -0.1) is 0 Å². The molecular formula is C6H11F3. The fraction of sp³-hybridized carbons (Fsp3) is 1.00. The quantitative estimate of drug-likeness (QED) is 0.565. The Morgan fingerprint density at radius 2 is 1.67 bits per heavy atom. The van der Waals surface area contributed by atoms with E-state index in [-0.39, 0.29) is 0 Å². The van der Waals surface area contributed by atoms with Gasteiger partial charge in [-0.3, -0.25) is 0 Å². The van der Waals surface area contributed by atoms with Gasteiger partial charge in [0.1, 0.15) is 0 Å². The monoisotopic (exact) mass is 140 g/mol. The van der Waals surface area contributed by atoms with Crippen LogP contribution in [-0.4, -0.2) is 12.6 Å². The number of halogens is 3. The molecule has 3 heteroatoms. The molecule has 2 atom stereocenters. The summed E-state index contributed by atoms with van der Waals surface area (Å²) in [7, 11) is 0. The first-order valence-corrected chi connectivity index (χ1v) is 3.01. The Bertz CT molecular complexity index is 72.7. The zero-order chi connectivity index (χ0) is 7.44. The summed E-state index contributed by atoms with van der Waals surface area (Å²) in [6.07, 6.45) is -4.30. The summed E-state index contributed by atoms with van der Waals surface area (Å²) in [5.41, 5.74) is 0. The van der Waals surface area contributed by atoms with E-state index in [1.54, 1.807) is 6.92 Å². The minimum Gasteiger partial charge on any atom is -0.241 e. The molecule has 0 rings (SSSR count). The molecule has 0 heterocycles. The van der Waals surface area contributed by atoms with Crippen LogP contribution in [0.25, 0.3) is 0 Å². The highest BCUT2D eigenvalue weighted by molar-refractivity contribution is 4.64. The fourth-order valence-electron chi connectivity index (χ4n) is 0.474. The Kier molecular flexibility index (Phi) is 3.66. The molecule has 0 amide bonds. The van der Waals surface area contributed by atoms with E-state index in [2.05, 4.69) is 0 Å². The second-order valence-corrected chi connectivity index (χ2v) is 2.16. The highest BCUT2D eigenvalue weighted by atomic mass is 19.3. The molecule has 0 radical (unpaired) electrons. The molecule has 0 spiro atoms. The average Bonchev–Trinajstić information content (AvgIpc) is 1.84. The van der Waals surface area contributed by atoms with Crippen molar-refractivity contribution in [2.75, 3.05) is 0 Å². The highest BCUT2D eigenvalue weighted by Gasteiger charge is 2.24. The van der Waals surface area contributed by atoms with Crippen LogP contribution in [0.1, 0.15) is 20.3 Å². The summed E-state index contributed by atoms with van der Waals surface area (Å²) in [4.78, 5) is 0. The summed E-state index contributed by atoms with van der Waals surface area (Å²) in [5.74, 6) is -0.523. The Morgan fingerprint density at radius 3 is 1.78 bits per heavy atom. The third-order valence-corrected chi connectivity index (χ3v) is 1.43. The molecule has 9 heavy (non-hydrogen) atoms. The fourth-order valence-corrected chi connectivity index (χ4v) is 0.474. The summed E-state index contributed by atoms with van der Waals surface area (Å²) in [6, 6.07) is 0. The predicted octanol–water partition coefficient (Wildman–Crippen LogP) is 2.64. The third kappa shape index (κ3) is 2.72. The van der Waals surface area contributed by atoms with Crippen molar-refractivity contribution in [3.63, 3.8) is 0 Å². The summed E-state index contributed by atoms with van der Waals surface area (Å²) in [5, 5.41) is 0. The molecule has 0 saturated heterocycles. The maximum Gasteiger partial charge on any atom is 0.269 e. The lowest BCUT2D eigenvalue weighted by molar-refractivity contribution is 0.0197. The van der Waals surface area contributed by atoms with Crippen molar-refractivity contribution in [1.82, 2.24) is 0 Å². The van der Waals surface area contributed by atoms with Gasteiger partial charge < -0.3 is 0 Å². The molecule has 0 aliphatic heterocycles. The zero-order valence-electron chi connectivity index (χ0n) is 5.57. The van der Waals surface area contributed by atoms with Crippen molar-refractivity contribution in [2.24, 2.45) is 5.92 Å². The van der Waals surface area contributed by atoms with Crippen molar-refractivity contribution in [3.05, 3.63) is 0 Å². The molecule has 0 aromatic rings. The summed E-state index contributed by atoms with van der Waals surface area (Å²) >= 11 is 0. The maximum atomic E-state index is 12.2. The van der Waals surface area contributed by atoms with Crippen molar-refractivity contribution in [1.29, 1.82) is 0 Å². The number of rotatable bonds is 3. The predicted molar refractivity (Wildman–Crippen MR) is 30.4 cm³/mol. The number of hydrogen-bond donors (Lipinski definition) is 0. The van der Waals surface area contributed by atoms with Crippen LogP contribution in [0.4, 0.5) is 13.2 Å². The van der Waals surface area contributed by atoms with Crippen molar-refractivity contribution in [3.8, 4) is 0 Å². The molecule has 2 unspecified atom stereocenters.